The van der Waals surface area contributed by atoms with Crippen LogP contribution in [0.25, 0.3) is 0 Å². The summed E-state index contributed by atoms with van der Waals surface area (Å²) in [6, 6.07) is 13.3. The van der Waals surface area contributed by atoms with E-state index in [-0.39, 0.29) is 12.3 Å². The van der Waals surface area contributed by atoms with Gasteiger partial charge >= 0.3 is 0 Å². The van der Waals surface area contributed by atoms with Crippen LogP contribution in [0.4, 0.5) is 0 Å². The van der Waals surface area contributed by atoms with Crippen molar-refractivity contribution >= 4 is 44.0 Å². The molecule has 1 N–H and O–H groups in total. The SMILES string of the molecule is CCCOc1ccc(Br)cc1/C=N\NC(=O)Cc1ccc(Br)cc1. The number of hydrogen-bond donors (Lipinski definition) is 1. The van der Waals surface area contributed by atoms with Gasteiger partial charge in [-0.05, 0) is 42.3 Å². The summed E-state index contributed by atoms with van der Waals surface area (Å²) in [4.78, 5) is 11.9. The summed E-state index contributed by atoms with van der Waals surface area (Å²) < 4.78 is 7.59. The van der Waals surface area contributed by atoms with Gasteiger partial charge in [0, 0.05) is 14.5 Å². The minimum atomic E-state index is -0.167. The molecule has 2 aromatic carbocycles. The number of nitrogens with one attached hydrogen (secondary N) is 1. The van der Waals surface area contributed by atoms with Crippen LogP contribution >= 0.6 is 31.9 Å². The monoisotopic (exact) mass is 452 g/mol. The van der Waals surface area contributed by atoms with E-state index in [0.717, 1.165) is 32.2 Å². The molecule has 0 heterocycles. The highest BCUT2D eigenvalue weighted by atomic mass is 79.9. The maximum absolute atomic E-state index is 11.9. The fourth-order valence-electron chi connectivity index (χ4n) is 1.96. The molecule has 4 nitrogen and oxygen atoms in total. The second kappa shape index (κ2) is 9.59. The summed E-state index contributed by atoms with van der Waals surface area (Å²) in [5.74, 6) is 0.575. The number of hydrogen-bond acceptors (Lipinski definition) is 3. The van der Waals surface area contributed by atoms with Gasteiger partial charge in [-0.15, -0.1) is 0 Å². The van der Waals surface area contributed by atoms with Gasteiger partial charge < -0.3 is 4.74 Å². The van der Waals surface area contributed by atoms with Crippen molar-refractivity contribution in [2.75, 3.05) is 6.61 Å². The van der Waals surface area contributed by atoms with E-state index in [0.29, 0.717) is 6.61 Å². The first kappa shape index (κ1) is 18.7. The predicted molar refractivity (Wildman–Crippen MR) is 104 cm³/mol. The molecule has 0 unspecified atom stereocenters. The molecule has 0 bridgehead atoms. The van der Waals surface area contributed by atoms with Gasteiger partial charge in [0.25, 0.3) is 0 Å². The van der Waals surface area contributed by atoms with Crippen molar-refractivity contribution in [2.45, 2.75) is 19.8 Å². The molecule has 126 valence electrons. The molecule has 2 aromatic rings. The molecule has 0 aliphatic rings. The van der Waals surface area contributed by atoms with Crippen LogP contribution < -0.4 is 10.2 Å². The molecule has 0 saturated heterocycles. The number of hydrazone groups is 1. The lowest BCUT2D eigenvalue weighted by atomic mass is 10.1. The van der Waals surface area contributed by atoms with E-state index in [1.54, 1.807) is 6.21 Å². The topological polar surface area (TPSA) is 50.7 Å². The van der Waals surface area contributed by atoms with E-state index in [9.17, 15) is 4.79 Å². The molecule has 0 atom stereocenters. The lowest BCUT2D eigenvalue weighted by molar-refractivity contribution is -0.120. The van der Waals surface area contributed by atoms with Gasteiger partial charge in [0.15, 0.2) is 0 Å². The number of rotatable bonds is 7. The maximum atomic E-state index is 11.9. The molecule has 0 saturated carbocycles. The largest absolute Gasteiger partial charge is 0.493 e. The van der Waals surface area contributed by atoms with Gasteiger partial charge in [-0.1, -0.05) is 50.9 Å². The van der Waals surface area contributed by atoms with Crippen molar-refractivity contribution in [3.8, 4) is 5.75 Å². The molecular weight excluding hydrogens is 436 g/mol. The highest BCUT2D eigenvalue weighted by Crippen LogP contribution is 2.22. The third-order valence-electron chi connectivity index (χ3n) is 3.10. The molecule has 1 amide bonds. The molecule has 24 heavy (non-hydrogen) atoms. The zero-order valence-corrected chi connectivity index (χ0v) is 16.4. The molecule has 0 aliphatic carbocycles. The first-order valence-electron chi connectivity index (χ1n) is 7.57. The fraction of sp³-hybridized carbons (Fsp3) is 0.222. The van der Waals surface area contributed by atoms with E-state index < -0.39 is 0 Å². The lowest BCUT2D eigenvalue weighted by Gasteiger charge is -2.08. The van der Waals surface area contributed by atoms with Crippen molar-refractivity contribution < 1.29 is 9.53 Å². The second-order valence-corrected chi connectivity index (χ2v) is 6.96. The zero-order valence-electron chi connectivity index (χ0n) is 13.3. The Hall–Kier alpha value is -1.66. The van der Waals surface area contributed by atoms with E-state index in [4.69, 9.17) is 4.74 Å². The number of carbonyl (C=O) groups is 1. The maximum Gasteiger partial charge on any atom is 0.244 e. The Balaban J connectivity index is 1.96. The second-order valence-electron chi connectivity index (χ2n) is 5.13. The first-order valence-corrected chi connectivity index (χ1v) is 9.15. The molecule has 0 spiro atoms. The Labute approximate surface area is 158 Å². The molecule has 0 fully saturated rings. The third kappa shape index (κ3) is 6.09. The summed E-state index contributed by atoms with van der Waals surface area (Å²) in [6.07, 6.45) is 2.80. The smallest absolute Gasteiger partial charge is 0.244 e. The van der Waals surface area contributed by atoms with E-state index in [1.165, 1.54) is 0 Å². The zero-order chi connectivity index (χ0) is 17.4. The molecule has 0 aliphatic heterocycles. The van der Waals surface area contributed by atoms with Crippen LogP contribution in [-0.4, -0.2) is 18.7 Å². The van der Waals surface area contributed by atoms with Crippen LogP contribution in [0.3, 0.4) is 0 Å². The number of amides is 1. The van der Waals surface area contributed by atoms with Gasteiger partial charge in [-0.25, -0.2) is 5.43 Å². The van der Waals surface area contributed by atoms with Crippen LogP contribution in [0.2, 0.25) is 0 Å². The van der Waals surface area contributed by atoms with Gasteiger partial charge in [-0.3, -0.25) is 4.79 Å². The van der Waals surface area contributed by atoms with Crippen molar-refractivity contribution in [3.05, 3.63) is 62.5 Å². The Morgan fingerprint density at radius 2 is 1.88 bits per heavy atom. The molecule has 2 rings (SSSR count). The van der Waals surface area contributed by atoms with E-state index in [2.05, 4.69) is 49.3 Å². The van der Waals surface area contributed by atoms with Crippen molar-refractivity contribution in [1.82, 2.24) is 5.43 Å². The average molecular weight is 454 g/mol. The number of benzene rings is 2. The molecule has 0 radical (unpaired) electrons. The van der Waals surface area contributed by atoms with Gasteiger partial charge in [0.2, 0.25) is 5.91 Å². The molecule has 0 aromatic heterocycles. The summed E-state index contributed by atoms with van der Waals surface area (Å²) in [6.45, 7) is 2.69. The average Bonchev–Trinajstić information content (AvgIpc) is 2.56. The van der Waals surface area contributed by atoms with Gasteiger partial charge in [-0.2, -0.15) is 5.10 Å². The van der Waals surface area contributed by atoms with Crippen LogP contribution in [0.5, 0.6) is 5.75 Å². The van der Waals surface area contributed by atoms with Crippen molar-refractivity contribution in [1.29, 1.82) is 0 Å². The Morgan fingerprint density at radius 3 is 2.58 bits per heavy atom. The number of nitrogens with zero attached hydrogens (tertiary/aromatic N) is 1. The van der Waals surface area contributed by atoms with Crippen molar-refractivity contribution in [3.63, 3.8) is 0 Å². The summed E-state index contributed by atoms with van der Waals surface area (Å²) in [7, 11) is 0. The number of halogens is 2. The van der Waals surface area contributed by atoms with Crippen LogP contribution in [0.15, 0.2) is 56.5 Å². The van der Waals surface area contributed by atoms with Crippen LogP contribution in [-0.2, 0) is 11.2 Å². The van der Waals surface area contributed by atoms with E-state index in [1.807, 2.05) is 42.5 Å². The lowest BCUT2D eigenvalue weighted by Crippen LogP contribution is -2.19. The van der Waals surface area contributed by atoms with Gasteiger partial charge in [0.05, 0.1) is 19.2 Å². The minimum Gasteiger partial charge on any atom is -0.493 e. The Morgan fingerprint density at radius 1 is 1.17 bits per heavy atom. The predicted octanol–water partition coefficient (Wildman–Crippen LogP) is 4.69. The summed E-state index contributed by atoms with van der Waals surface area (Å²) in [5, 5.41) is 4.03. The number of ether oxygens (including phenoxy) is 1. The summed E-state index contributed by atoms with van der Waals surface area (Å²) in [5.41, 5.74) is 4.28. The number of carbonyl (C=O) groups excluding carboxylic acids is 1. The minimum absolute atomic E-state index is 0.167. The quantitative estimate of drug-likeness (QED) is 0.488. The fourth-order valence-corrected chi connectivity index (χ4v) is 2.61. The van der Waals surface area contributed by atoms with Crippen LogP contribution in [0, 0.1) is 0 Å². The highest BCUT2D eigenvalue weighted by molar-refractivity contribution is 9.10. The summed E-state index contributed by atoms with van der Waals surface area (Å²) >= 11 is 6.80. The first-order chi connectivity index (χ1) is 11.6. The van der Waals surface area contributed by atoms with Crippen LogP contribution in [0.1, 0.15) is 24.5 Å². The Kier molecular flexibility index (Phi) is 7.46. The standard InChI is InChI=1S/C18H18Br2N2O2/c1-2-9-24-17-8-7-16(20)11-14(17)12-21-22-18(23)10-13-3-5-15(19)6-4-13/h3-8,11-12H,2,9-10H2,1H3,(H,22,23)/b21-12-. The van der Waals surface area contributed by atoms with Crippen molar-refractivity contribution in [2.24, 2.45) is 5.10 Å². The molecular formula is C18H18Br2N2O2. The highest BCUT2D eigenvalue weighted by Gasteiger charge is 2.04. The Bertz CT molecular complexity index is 715. The van der Waals surface area contributed by atoms with E-state index >= 15 is 0 Å². The molecule has 6 heteroatoms. The third-order valence-corrected chi connectivity index (χ3v) is 4.13. The normalized spacial score (nSPS) is 10.8. The van der Waals surface area contributed by atoms with Gasteiger partial charge in [0.1, 0.15) is 5.75 Å².